The first kappa shape index (κ1) is 13.6. The Hall–Kier alpha value is -1.86. The van der Waals surface area contributed by atoms with Crippen molar-refractivity contribution in [2.45, 2.75) is 33.3 Å². The van der Waals surface area contributed by atoms with Crippen LogP contribution in [-0.4, -0.2) is 4.98 Å². The van der Waals surface area contributed by atoms with Crippen molar-refractivity contribution >= 4 is 11.3 Å². The molecule has 19 heavy (non-hydrogen) atoms. The van der Waals surface area contributed by atoms with Crippen LogP contribution in [0.25, 0.3) is 0 Å². The predicted octanol–water partition coefficient (Wildman–Crippen LogP) is 3.72. The lowest BCUT2D eigenvalue weighted by Crippen LogP contribution is -1.98. The van der Waals surface area contributed by atoms with Crippen molar-refractivity contribution in [3.8, 4) is 11.8 Å². The van der Waals surface area contributed by atoms with E-state index in [1.807, 2.05) is 25.1 Å². The Kier molecular flexibility index (Phi) is 4.53. The first-order valence-electron chi connectivity index (χ1n) is 6.37. The van der Waals surface area contributed by atoms with Crippen LogP contribution in [0.3, 0.4) is 0 Å². The number of thiazole rings is 1. The van der Waals surface area contributed by atoms with Crippen LogP contribution >= 0.6 is 11.3 Å². The second-order valence-corrected chi connectivity index (χ2v) is 5.18. The lowest BCUT2D eigenvalue weighted by atomic mass is 10.1. The summed E-state index contributed by atoms with van der Waals surface area (Å²) in [4.78, 5) is 5.14. The summed E-state index contributed by atoms with van der Waals surface area (Å²) in [5.74, 6) is 0.900. The van der Waals surface area contributed by atoms with E-state index < -0.39 is 0 Å². The van der Waals surface area contributed by atoms with Gasteiger partial charge in [-0.15, -0.1) is 11.3 Å². The Morgan fingerprint density at radius 2 is 2.05 bits per heavy atom. The summed E-state index contributed by atoms with van der Waals surface area (Å²) in [6.07, 6.45) is 1.72. The van der Waals surface area contributed by atoms with E-state index in [9.17, 15) is 0 Å². The Balaban J connectivity index is 2.10. The normalized spacial score (nSPS) is 10.2. The molecule has 0 unspecified atom stereocenters. The van der Waals surface area contributed by atoms with Gasteiger partial charge < -0.3 is 4.74 Å². The largest absolute Gasteiger partial charge is 0.486 e. The Labute approximate surface area is 117 Å². The highest BCUT2D eigenvalue weighted by Crippen LogP contribution is 2.23. The van der Waals surface area contributed by atoms with Crippen molar-refractivity contribution in [2.24, 2.45) is 0 Å². The third-order valence-electron chi connectivity index (χ3n) is 2.88. The van der Waals surface area contributed by atoms with E-state index in [0.717, 1.165) is 29.3 Å². The van der Waals surface area contributed by atoms with E-state index in [4.69, 9.17) is 10.00 Å². The predicted molar refractivity (Wildman–Crippen MR) is 76.4 cm³/mol. The highest BCUT2D eigenvalue weighted by molar-refractivity contribution is 7.12. The highest BCUT2D eigenvalue weighted by Gasteiger charge is 2.10. The zero-order chi connectivity index (χ0) is 13.7. The maximum absolute atomic E-state index is 9.01. The standard InChI is InChI=1S/C15H16N2OS/c1-3-11-7-5-6-8-13(11)18-10-15-17-12(4-2)14(9-16)19-15/h5-8H,3-4,10H2,1-2H3. The molecule has 1 heterocycles. The molecule has 0 aliphatic rings. The Bertz CT molecular complexity index is 598. The number of aryl methyl sites for hydroxylation is 2. The Morgan fingerprint density at radius 3 is 2.68 bits per heavy atom. The second kappa shape index (κ2) is 6.35. The average Bonchev–Trinajstić information content (AvgIpc) is 2.87. The van der Waals surface area contributed by atoms with Gasteiger partial charge in [-0.25, -0.2) is 4.98 Å². The van der Waals surface area contributed by atoms with E-state index in [2.05, 4.69) is 24.0 Å². The van der Waals surface area contributed by atoms with E-state index in [0.29, 0.717) is 11.5 Å². The van der Waals surface area contributed by atoms with Crippen LogP contribution in [-0.2, 0) is 19.4 Å². The number of para-hydroxylation sites is 1. The SMILES string of the molecule is CCc1ccccc1OCc1nc(CC)c(C#N)s1. The summed E-state index contributed by atoms with van der Waals surface area (Å²) in [6.45, 7) is 4.54. The molecule has 0 spiro atoms. The molecule has 0 radical (unpaired) electrons. The molecule has 0 atom stereocenters. The summed E-state index contributed by atoms with van der Waals surface area (Å²) in [7, 11) is 0. The Morgan fingerprint density at radius 1 is 1.26 bits per heavy atom. The fourth-order valence-corrected chi connectivity index (χ4v) is 2.73. The molecule has 2 rings (SSSR count). The van der Waals surface area contributed by atoms with E-state index >= 15 is 0 Å². The van der Waals surface area contributed by atoms with Gasteiger partial charge in [0.2, 0.25) is 0 Å². The van der Waals surface area contributed by atoms with Gasteiger partial charge in [0.25, 0.3) is 0 Å². The zero-order valence-electron chi connectivity index (χ0n) is 11.1. The first-order chi connectivity index (χ1) is 9.28. The summed E-state index contributed by atoms with van der Waals surface area (Å²) in [6, 6.07) is 10.2. The number of hydrogen-bond acceptors (Lipinski definition) is 4. The molecule has 3 nitrogen and oxygen atoms in total. The minimum atomic E-state index is 0.427. The molecule has 0 aliphatic carbocycles. The number of aromatic nitrogens is 1. The molecule has 0 saturated carbocycles. The molecule has 1 aromatic heterocycles. The van der Waals surface area contributed by atoms with Gasteiger partial charge in [-0.1, -0.05) is 32.0 Å². The molecule has 0 amide bonds. The lowest BCUT2D eigenvalue weighted by molar-refractivity contribution is 0.302. The van der Waals surface area contributed by atoms with Gasteiger partial charge in [-0.3, -0.25) is 0 Å². The van der Waals surface area contributed by atoms with Crippen LogP contribution in [0.1, 0.15) is 35.0 Å². The zero-order valence-corrected chi connectivity index (χ0v) is 12.0. The summed E-state index contributed by atoms with van der Waals surface area (Å²) >= 11 is 1.42. The van der Waals surface area contributed by atoms with E-state index in [-0.39, 0.29) is 0 Å². The lowest BCUT2D eigenvalue weighted by Gasteiger charge is -2.08. The summed E-state index contributed by atoms with van der Waals surface area (Å²) in [5, 5.41) is 9.87. The minimum absolute atomic E-state index is 0.427. The molecule has 0 aliphatic heterocycles. The molecular formula is C15H16N2OS. The average molecular weight is 272 g/mol. The van der Waals surface area contributed by atoms with Crippen molar-refractivity contribution in [3.63, 3.8) is 0 Å². The molecule has 0 bridgehead atoms. The van der Waals surface area contributed by atoms with E-state index in [1.54, 1.807) is 0 Å². The fraction of sp³-hybridized carbons (Fsp3) is 0.333. The number of benzene rings is 1. The van der Waals surface area contributed by atoms with Gasteiger partial charge in [0, 0.05) is 0 Å². The molecule has 0 fully saturated rings. The van der Waals surface area contributed by atoms with Crippen LogP contribution in [0.2, 0.25) is 0 Å². The molecule has 0 N–H and O–H groups in total. The summed E-state index contributed by atoms with van der Waals surface area (Å²) in [5.41, 5.74) is 2.06. The molecule has 2 aromatic rings. The van der Waals surface area contributed by atoms with Crippen LogP contribution < -0.4 is 4.74 Å². The van der Waals surface area contributed by atoms with Crippen molar-refractivity contribution < 1.29 is 4.74 Å². The topological polar surface area (TPSA) is 45.9 Å². The van der Waals surface area contributed by atoms with Gasteiger partial charge in [0.05, 0.1) is 5.69 Å². The number of nitrogens with zero attached hydrogens (tertiary/aromatic N) is 2. The minimum Gasteiger partial charge on any atom is -0.486 e. The van der Waals surface area contributed by atoms with Crippen molar-refractivity contribution in [2.75, 3.05) is 0 Å². The number of nitriles is 1. The molecular weight excluding hydrogens is 256 g/mol. The molecule has 1 aromatic carbocycles. The maximum atomic E-state index is 9.01. The monoisotopic (exact) mass is 272 g/mol. The second-order valence-electron chi connectivity index (χ2n) is 4.10. The molecule has 4 heteroatoms. The van der Waals surface area contributed by atoms with Crippen molar-refractivity contribution in [3.05, 3.63) is 45.4 Å². The van der Waals surface area contributed by atoms with Gasteiger partial charge in [-0.05, 0) is 24.5 Å². The van der Waals surface area contributed by atoms with Gasteiger partial charge in [-0.2, -0.15) is 5.26 Å². The van der Waals surface area contributed by atoms with Crippen molar-refractivity contribution in [1.29, 1.82) is 5.26 Å². The third kappa shape index (κ3) is 3.12. The van der Waals surface area contributed by atoms with Gasteiger partial charge in [0.1, 0.15) is 28.3 Å². The third-order valence-corrected chi connectivity index (χ3v) is 3.86. The highest BCUT2D eigenvalue weighted by atomic mass is 32.1. The van der Waals surface area contributed by atoms with Crippen LogP contribution in [0.15, 0.2) is 24.3 Å². The quantitative estimate of drug-likeness (QED) is 0.833. The summed E-state index contributed by atoms with van der Waals surface area (Å²) < 4.78 is 5.81. The van der Waals surface area contributed by atoms with Gasteiger partial charge >= 0.3 is 0 Å². The smallest absolute Gasteiger partial charge is 0.140 e. The molecule has 0 saturated heterocycles. The van der Waals surface area contributed by atoms with Crippen LogP contribution in [0.5, 0.6) is 5.75 Å². The maximum Gasteiger partial charge on any atom is 0.140 e. The fourth-order valence-electron chi connectivity index (χ4n) is 1.87. The number of ether oxygens (including phenoxy) is 1. The number of hydrogen-bond donors (Lipinski definition) is 0. The van der Waals surface area contributed by atoms with E-state index in [1.165, 1.54) is 16.9 Å². The first-order valence-corrected chi connectivity index (χ1v) is 7.19. The van der Waals surface area contributed by atoms with Crippen LogP contribution in [0.4, 0.5) is 0 Å². The van der Waals surface area contributed by atoms with Gasteiger partial charge in [0.15, 0.2) is 0 Å². The molecule has 98 valence electrons. The van der Waals surface area contributed by atoms with Crippen molar-refractivity contribution in [1.82, 2.24) is 4.98 Å². The van der Waals surface area contributed by atoms with Crippen LogP contribution in [0, 0.1) is 11.3 Å². The number of rotatable bonds is 5.